The maximum atomic E-state index is 12.3. The van der Waals surface area contributed by atoms with E-state index in [0.29, 0.717) is 0 Å². The molecule has 39 heavy (non-hydrogen) atoms. The Kier molecular flexibility index (Phi) is 14.3. The van der Waals surface area contributed by atoms with Crippen LogP contribution in [0.25, 0.3) is 0 Å². The zero-order chi connectivity index (χ0) is 27.9. The van der Waals surface area contributed by atoms with Gasteiger partial charge in [-0.2, -0.15) is 8.42 Å². The van der Waals surface area contributed by atoms with Crippen molar-refractivity contribution in [3.63, 3.8) is 0 Å². The van der Waals surface area contributed by atoms with Crippen LogP contribution in [0.2, 0.25) is 0 Å². The van der Waals surface area contributed by atoms with Gasteiger partial charge in [0.15, 0.2) is 0 Å². The van der Waals surface area contributed by atoms with Gasteiger partial charge in [-0.1, -0.05) is 95.2 Å². The van der Waals surface area contributed by atoms with E-state index >= 15 is 0 Å². The van der Waals surface area contributed by atoms with Crippen LogP contribution < -0.4 is 0 Å². The van der Waals surface area contributed by atoms with Gasteiger partial charge in [0.25, 0.3) is 10.1 Å². The third kappa shape index (κ3) is 11.4. The minimum atomic E-state index is -3.62. The van der Waals surface area contributed by atoms with E-state index in [0.717, 1.165) is 18.4 Å². The highest BCUT2D eigenvalue weighted by Gasteiger charge is 2.48. The first kappa shape index (κ1) is 32.6. The van der Waals surface area contributed by atoms with Crippen molar-refractivity contribution >= 4 is 10.1 Å². The van der Waals surface area contributed by atoms with Gasteiger partial charge in [0.2, 0.25) is 0 Å². The molecule has 4 rings (SSSR count). The lowest BCUT2D eigenvalue weighted by atomic mass is 10.0. The Morgan fingerprint density at radius 2 is 0.974 bits per heavy atom. The van der Waals surface area contributed by atoms with Crippen LogP contribution in [0.4, 0.5) is 0 Å². The minimum Gasteiger partial charge on any atom is -0.310 e. The van der Waals surface area contributed by atoms with Crippen LogP contribution in [-0.2, 0) is 14.3 Å². The van der Waals surface area contributed by atoms with Crippen molar-refractivity contribution in [2.75, 3.05) is 59.0 Å². The van der Waals surface area contributed by atoms with Crippen molar-refractivity contribution in [3.05, 3.63) is 29.8 Å². The van der Waals surface area contributed by atoms with Gasteiger partial charge in [-0.05, 0) is 51.2 Å². The summed E-state index contributed by atoms with van der Waals surface area (Å²) in [4.78, 5) is 0.255. The highest BCUT2D eigenvalue weighted by Crippen LogP contribution is 2.28. The predicted molar refractivity (Wildman–Crippen MR) is 163 cm³/mol. The van der Waals surface area contributed by atoms with Crippen molar-refractivity contribution < 1.29 is 21.6 Å². The van der Waals surface area contributed by atoms with Gasteiger partial charge in [0.1, 0.15) is 39.3 Å². The molecule has 0 spiro atoms. The lowest BCUT2D eigenvalue weighted by Crippen LogP contribution is -2.75. The summed E-state index contributed by atoms with van der Waals surface area (Å²) in [6.07, 6.45) is 21.3. The SMILES string of the molecule is CCCCCCCCCCCC[N+]12CC[N+](CCCCCCCCOS(=O)(=O)c3ccc(C)cc3)(CC1)CC2. The third-order valence-corrected chi connectivity index (χ3v) is 11.0. The third-order valence-electron chi connectivity index (χ3n) is 9.71. The van der Waals surface area contributed by atoms with Gasteiger partial charge >= 0.3 is 0 Å². The lowest BCUT2D eigenvalue weighted by molar-refractivity contribution is -1.08. The Morgan fingerprint density at radius 1 is 0.590 bits per heavy atom. The van der Waals surface area contributed by atoms with Crippen LogP contribution in [0.5, 0.6) is 0 Å². The molecular weight excluding hydrogens is 504 g/mol. The molecule has 0 saturated carbocycles. The number of hydrogen-bond acceptors (Lipinski definition) is 3. The zero-order valence-electron chi connectivity index (χ0n) is 25.5. The summed E-state index contributed by atoms with van der Waals surface area (Å²) >= 11 is 0. The average Bonchev–Trinajstić information content (AvgIpc) is 2.94. The van der Waals surface area contributed by atoms with Gasteiger partial charge in [-0.25, -0.2) is 0 Å². The number of fused-ring (bicyclic) bond motifs is 3. The summed E-state index contributed by atoms with van der Waals surface area (Å²) in [5.74, 6) is 0. The maximum Gasteiger partial charge on any atom is 0.296 e. The summed E-state index contributed by atoms with van der Waals surface area (Å²) in [5, 5.41) is 0. The molecule has 3 fully saturated rings. The summed E-state index contributed by atoms with van der Waals surface area (Å²) < 4.78 is 32.6. The minimum absolute atomic E-state index is 0.255. The summed E-state index contributed by atoms with van der Waals surface area (Å²) in [7, 11) is -3.62. The fraction of sp³-hybridized carbons (Fsp3) is 0.818. The molecule has 3 aliphatic heterocycles. The number of unbranched alkanes of at least 4 members (excludes halogenated alkanes) is 14. The van der Waals surface area contributed by atoms with Gasteiger partial charge < -0.3 is 8.97 Å². The summed E-state index contributed by atoms with van der Waals surface area (Å²) in [6.45, 7) is 15.8. The Morgan fingerprint density at radius 3 is 1.41 bits per heavy atom. The molecule has 5 nitrogen and oxygen atoms in total. The average molecular weight is 565 g/mol. The van der Waals surface area contributed by atoms with Crippen molar-refractivity contribution in [3.8, 4) is 0 Å². The molecule has 3 heterocycles. The molecule has 0 aliphatic carbocycles. The molecule has 0 unspecified atom stereocenters. The molecule has 0 aromatic heterocycles. The number of rotatable bonds is 22. The molecular formula is C33H60N2O3S+2. The molecule has 1 aromatic carbocycles. The van der Waals surface area contributed by atoms with Crippen LogP contribution in [-0.4, -0.2) is 76.3 Å². The summed E-state index contributed by atoms with van der Waals surface area (Å²) in [6, 6.07) is 6.87. The van der Waals surface area contributed by atoms with Crippen LogP contribution in [0.1, 0.15) is 115 Å². The monoisotopic (exact) mass is 564 g/mol. The summed E-state index contributed by atoms with van der Waals surface area (Å²) in [5.41, 5.74) is 1.05. The van der Waals surface area contributed by atoms with Crippen molar-refractivity contribution in [1.29, 1.82) is 0 Å². The van der Waals surface area contributed by atoms with Crippen LogP contribution in [0.3, 0.4) is 0 Å². The number of piperazine rings is 3. The molecule has 0 N–H and O–H groups in total. The molecule has 3 saturated heterocycles. The zero-order valence-corrected chi connectivity index (χ0v) is 26.3. The fourth-order valence-corrected chi connectivity index (χ4v) is 7.69. The highest BCUT2D eigenvalue weighted by molar-refractivity contribution is 7.86. The van der Waals surface area contributed by atoms with Crippen LogP contribution in [0.15, 0.2) is 29.2 Å². The Hall–Kier alpha value is -0.950. The second-order valence-electron chi connectivity index (χ2n) is 12.9. The van der Waals surface area contributed by atoms with Crippen LogP contribution in [0, 0.1) is 6.92 Å². The Bertz CT molecular complexity index is 875. The van der Waals surface area contributed by atoms with E-state index in [2.05, 4.69) is 6.92 Å². The quantitative estimate of drug-likeness (QED) is 0.0826. The van der Waals surface area contributed by atoms with Gasteiger partial charge in [0.05, 0.1) is 24.6 Å². The predicted octanol–water partition coefficient (Wildman–Crippen LogP) is 7.62. The van der Waals surface area contributed by atoms with E-state index < -0.39 is 10.1 Å². The maximum absolute atomic E-state index is 12.3. The van der Waals surface area contributed by atoms with Crippen molar-refractivity contribution in [1.82, 2.24) is 0 Å². The second kappa shape index (κ2) is 17.1. The van der Waals surface area contributed by atoms with Gasteiger partial charge in [-0.3, -0.25) is 4.18 Å². The van der Waals surface area contributed by atoms with E-state index in [9.17, 15) is 8.42 Å². The smallest absolute Gasteiger partial charge is 0.296 e. The van der Waals surface area contributed by atoms with E-state index in [1.54, 1.807) is 12.1 Å². The Balaban J connectivity index is 1.16. The molecule has 1 aromatic rings. The molecule has 3 aliphatic rings. The number of aryl methyl sites for hydroxylation is 1. The van der Waals surface area contributed by atoms with E-state index in [-0.39, 0.29) is 11.5 Å². The van der Waals surface area contributed by atoms with Gasteiger partial charge in [0, 0.05) is 0 Å². The van der Waals surface area contributed by atoms with Crippen molar-refractivity contribution in [2.45, 2.75) is 121 Å². The largest absolute Gasteiger partial charge is 0.310 e. The second-order valence-corrected chi connectivity index (χ2v) is 14.5. The molecule has 2 bridgehead atoms. The van der Waals surface area contributed by atoms with Gasteiger partial charge in [-0.15, -0.1) is 0 Å². The van der Waals surface area contributed by atoms with E-state index in [4.69, 9.17) is 4.18 Å². The standard InChI is InChI=1S/C33H60N2O3S/c1-3-4-5-6-7-8-9-10-13-16-23-34-25-28-35(29-26-34,30-27-34)24-17-14-11-12-15-18-31-38-39(36,37)33-21-19-32(2)20-22-33/h19-22H,3-18,23-31H2,1-2H3/q+2. The topological polar surface area (TPSA) is 43.4 Å². The van der Waals surface area contributed by atoms with E-state index in [1.807, 2.05) is 19.1 Å². The first-order valence-electron chi connectivity index (χ1n) is 16.6. The molecule has 0 amide bonds. The van der Waals surface area contributed by atoms with Crippen LogP contribution >= 0.6 is 0 Å². The number of nitrogens with zero attached hydrogens (tertiary/aromatic N) is 2. The fourth-order valence-electron chi connectivity index (χ4n) is 6.75. The van der Waals surface area contributed by atoms with E-state index in [1.165, 1.54) is 151 Å². The molecule has 0 radical (unpaired) electrons. The molecule has 6 heteroatoms. The lowest BCUT2D eigenvalue weighted by Gasteiger charge is -2.55. The molecule has 224 valence electrons. The highest BCUT2D eigenvalue weighted by atomic mass is 32.2. The first-order valence-corrected chi connectivity index (χ1v) is 18.0. The normalized spacial score (nSPS) is 22.9. The Labute approximate surface area is 241 Å². The molecule has 0 atom stereocenters. The first-order chi connectivity index (χ1) is 18.9. The number of hydrogen-bond donors (Lipinski definition) is 0. The van der Waals surface area contributed by atoms with Crippen molar-refractivity contribution in [2.24, 2.45) is 0 Å². The number of benzene rings is 1. The number of quaternary nitrogens is 2.